The van der Waals surface area contributed by atoms with Crippen molar-refractivity contribution in [2.75, 3.05) is 26.7 Å². The minimum Gasteiger partial charge on any atom is -0.342 e. The molecule has 1 aliphatic rings. The molecule has 0 radical (unpaired) electrons. The summed E-state index contributed by atoms with van der Waals surface area (Å²) in [5.74, 6) is 0.798. The van der Waals surface area contributed by atoms with Gasteiger partial charge in [-0.25, -0.2) is 0 Å². The first-order valence-corrected chi connectivity index (χ1v) is 9.05. The standard InChI is InChI=1S/C19H27N5O/c1-23(15-18-6-2-3-9-20-18)12-8-19(25)24-11-4-5-16(14-24)13-17-7-10-21-22-17/h2-3,6-7,9-10,16H,4-5,8,11-15H2,1H3,(H,21,22). The van der Waals surface area contributed by atoms with Gasteiger partial charge in [-0.1, -0.05) is 6.07 Å². The van der Waals surface area contributed by atoms with Gasteiger partial charge in [-0.15, -0.1) is 0 Å². The van der Waals surface area contributed by atoms with E-state index in [0.717, 1.165) is 50.4 Å². The molecule has 25 heavy (non-hydrogen) atoms. The van der Waals surface area contributed by atoms with Crippen molar-refractivity contribution in [2.45, 2.75) is 32.2 Å². The number of aromatic amines is 1. The zero-order valence-electron chi connectivity index (χ0n) is 14.9. The Morgan fingerprint density at radius 1 is 1.36 bits per heavy atom. The van der Waals surface area contributed by atoms with Crippen molar-refractivity contribution in [2.24, 2.45) is 5.92 Å². The maximum Gasteiger partial charge on any atom is 0.223 e. The highest BCUT2D eigenvalue weighted by atomic mass is 16.2. The molecule has 1 fully saturated rings. The number of aromatic nitrogens is 3. The first kappa shape index (κ1) is 17.6. The Balaban J connectivity index is 1.42. The Kier molecular flexibility index (Phi) is 6.17. The molecule has 1 amide bonds. The minimum atomic E-state index is 0.266. The topological polar surface area (TPSA) is 65.1 Å². The van der Waals surface area contributed by atoms with Crippen LogP contribution in [-0.4, -0.2) is 57.6 Å². The van der Waals surface area contributed by atoms with E-state index in [0.29, 0.717) is 12.3 Å². The van der Waals surface area contributed by atoms with Crippen LogP contribution in [0.2, 0.25) is 0 Å². The van der Waals surface area contributed by atoms with Gasteiger partial charge in [0.15, 0.2) is 0 Å². The molecule has 1 N–H and O–H groups in total. The molecular formula is C19H27N5O. The summed E-state index contributed by atoms with van der Waals surface area (Å²) in [4.78, 5) is 21.1. The van der Waals surface area contributed by atoms with Crippen LogP contribution < -0.4 is 0 Å². The van der Waals surface area contributed by atoms with Gasteiger partial charge in [-0.2, -0.15) is 5.10 Å². The lowest BCUT2D eigenvalue weighted by atomic mass is 9.93. The van der Waals surface area contributed by atoms with Gasteiger partial charge in [-0.05, 0) is 50.4 Å². The first-order valence-electron chi connectivity index (χ1n) is 9.05. The predicted molar refractivity (Wildman–Crippen MR) is 96.8 cm³/mol. The summed E-state index contributed by atoms with van der Waals surface area (Å²) >= 11 is 0. The molecule has 134 valence electrons. The maximum atomic E-state index is 12.6. The largest absolute Gasteiger partial charge is 0.342 e. The number of rotatable bonds is 7. The molecule has 1 saturated heterocycles. The molecule has 0 saturated carbocycles. The molecule has 0 aliphatic carbocycles. The number of carbonyl (C=O) groups excluding carboxylic acids is 1. The SMILES string of the molecule is CN(CCC(=O)N1CCCC(Cc2ccn[nH]2)C1)Cc1ccccn1. The van der Waals surface area contributed by atoms with E-state index in [9.17, 15) is 4.79 Å². The predicted octanol–water partition coefficient (Wildman–Crippen LogP) is 2.11. The summed E-state index contributed by atoms with van der Waals surface area (Å²) in [5, 5.41) is 7.03. The molecule has 2 aromatic heterocycles. The molecule has 6 heteroatoms. The van der Waals surface area contributed by atoms with E-state index >= 15 is 0 Å². The highest BCUT2D eigenvalue weighted by Gasteiger charge is 2.24. The number of pyridine rings is 1. The van der Waals surface area contributed by atoms with Gasteiger partial charge in [0.1, 0.15) is 0 Å². The summed E-state index contributed by atoms with van der Waals surface area (Å²) in [6.45, 7) is 3.29. The second kappa shape index (κ2) is 8.76. The van der Waals surface area contributed by atoms with Crippen LogP contribution in [0.15, 0.2) is 36.7 Å². The van der Waals surface area contributed by atoms with Crippen molar-refractivity contribution in [1.82, 2.24) is 25.0 Å². The molecule has 1 unspecified atom stereocenters. The summed E-state index contributed by atoms with van der Waals surface area (Å²) in [7, 11) is 2.04. The van der Waals surface area contributed by atoms with E-state index in [4.69, 9.17) is 0 Å². The minimum absolute atomic E-state index is 0.266. The second-order valence-corrected chi connectivity index (χ2v) is 6.94. The highest BCUT2D eigenvalue weighted by Crippen LogP contribution is 2.20. The zero-order chi connectivity index (χ0) is 17.5. The Hall–Kier alpha value is -2.21. The van der Waals surface area contributed by atoms with Crippen LogP contribution in [0.25, 0.3) is 0 Å². The Morgan fingerprint density at radius 2 is 2.28 bits per heavy atom. The fourth-order valence-electron chi connectivity index (χ4n) is 3.46. The van der Waals surface area contributed by atoms with E-state index in [1.807, 2.05) is 42.4 Å². The smallest absolute Gasteiger partial charge is 0.223 e. The number of amides is 1. The molecule has 2 aromatic rings. The summed E-state index contributed by atoms with van der Waals surface area (Å²) in [6.07, 6.45) is 7.42. The molecule has 6 nitrogen and oxygen atoms in total. The highest BCUT2D eigenvalue weighted by molar-refractivity contribution is 5.76. The first-order chi connectivity index (χ1) is 12.2. The quantitative estimate of drug-likeness (QED) is 0.838. The number of hydrogen-bond donors (Lipinski definition) is 1. The van der Waals surface area contributed by atoms with E-state index in [1.165, 1.54) is 6.42 Å². The number of carbonyl (C=O) groups is 1. The molecule has 0 spiro atoms. The fourth-order valence-corrected chi connectivity index (χ4v) is 3.46. The van der Waals surface area contributed by atoms with Gasteiger partial charge in [0.05, 0.1) is 5.69 Å². The third kappa shape index (κ3) is 5.39. The van der Waals surface area contributed by atoms with Gasteiger partial charge in [0.2, 0.25) is 5.91 Å². The van der Waals surface area contributed by atoms with Gasteiger partial charge in [0.25, 0.3) is 0 Å². The second-order valence-electron chi connectivity index (χ2n) is 6.94. The number of nitrogens with one attached hydrogen (secondary N) is 1. The maximum absolute atomic E-state index is 12.6. The average Bonchev–Trinajstić information content (AvgIpc) is 3.14. The molecular weight excluding hydrogens is 314 g/mol. The van der Waals surface area contributed by atoms with Crippen LogP contribution in [0.3, 0.4) is 0 Å². The molecule has 0 bridgehead atoms. The summed E-state index contributed by atoms with van der Waals surface area (Å²) < 4.78 is 0. The normalized spacial score (nSPS) is 17.8. The Bertz CT molecular complexity index is 643. The lowest BCUT2D eigenvalue weighted by molar-refractivity contribution is -0.133. The molecule has 1 atom stereocenters. The van der Waals surface area contributed by atoms with Crippen molar-refractivity contribution in [3.8, 4) is 0 Å². The number of hydrogen-bond acceptors (Lipinski definition) is 4. The monoisotopic (exact) mass is 341 g/mol. The number of nitrogens with zero attached hydrogens (tertiary/aromatic N) is 4. The molecule has 0 aromatic carbocycles. The summed E-state index contributed by atoms with van der Waals surface area (Å²) in [6, 6.07) is 7.95. The van der Waals surface area contributed by atoms with E-state index in [-0.39, 0.29) is 5.91 Å². The van der Waals surface area contributed by atoms with E-state index in [1.54, 1.807) is 6.20 Å². The third-order valence-electron chi connectivity index (χ3n) is 4.80. The Morgan fingerprint density at radius 3 is 3.04 bits per heavy atom. The van der Waals surface area contributed by atoms with Crippen LogP contribution in [0.4, 0.5) is 0 Å². The summed E-state index contributed by atoms with van der Waals surface area (Å²) in [5.41, 5.74) is 2.20. The van der Waals surface area contributed by atoms with Gasteiger partial charge >= 0.3 is 0 Å². The zero-order valence-corrected chi connectivity index (χ0v) is 14.9. The average molecular weight is 341 g/mol. The van der Waals surface area contributed by atoms with Gasteiger partial charge < -0.3 is 9.80 Å². The lowest BCUT2D eigenvalue weighted by Gasteiger charge is -2.33. The number of piperidine rings is 1. The molecule has 1 aliphatic heterocycles. The molecule has 3 heterocycles. The van der Waals surface area contributed by atoms with Crippen LogP contribution in [0.1, 0.15) is 30.7 Å². The lowest BCUT2D eigenvalue weighted by Crippen LogP contribution is -2.41. The van der Waals surface area contributed by atoms with Gasteiger partial charge in [0, 0.05) is 50.7 Å². The fraction of sp³-hybridized carbons (Fsp3) is 0.526. The van der Waals surface area contributed by atoms with Crippen molar-refractivity contribution >= 4 is 5.91 Å². The Labute approximate surface area is 149 Å². The van der Waals surface area contributed by atoms with Crippen molar-refractivity contribution < 1.29 is 4.79 Å². The van der Waals surface area contributed by atoms with E-state index in [2.05, 4.69) is 20.1 Å². The van der Waals surface area contributed by atoms with Crippen LogP contribution in [-0.2, 0) is 17.8 Å². The third-order valence-corrected chi connectivity index (χ3v) is 4.80. The van der Waals surface area contributed by atoms with Crippen molar-refractivity contribution in [3.05, 3.63) is 48.0 Å². The van der Waals surface area contributed by atoms with Crippen LogP contribution in [0, 0.1) is 5.92 Å². The number of likely N-dealkylation sites (tertiary alicyclic amines) is 1. The molecule has 3 rings (SSSR count). The number of H-pyrrole nitrogens is 1. The van der Waals surface area contributed by atoms with Crippen molar-refractivity contribution in [1.29, 1.82) is 0 Å². The van der Waals surface area contributed by atoms with Gasteiger partial charge in [-0.3, -0.25) is 14.9 Å². The van der Waals surface area contributed by atoms with E-state index < -0.39 is 0 Å². The van der Waals surface area contributed by atoms with Crippen molar-refractivity contribution in [3.63, 3.8) is 0 Å². The van der Waals surface area contributed by atoms with Crippen LogP contribution >= 0.6 is 0 Å². The van der Waals surface area contributed by atoms with Crippen LogP contribution in [0.5, 0.6) is 0 Å².